The maximum absolute atomic E-state index is 13.9. The molecule has 7 nitrogen and oxygen atoms in total. The molecule has 2 fully saturated rings. The van der Waals surface area contributed by atoms with Gasteiger partial charge in [0.2, 0.25) is 6.23 Å². The van der Waals surface area contributed by atoms with Gasteiger partial charge in [0.05, 0.1) is 18.6 Å². The van der Waals surface area contributed by atoms with Crippen molar-refractivity contribution in [2.75, 3.05) is 19.8 Å². The molecule has 1 saturated heterocycles. The fourth-order valence-electron chi connectivity index (χ4n) is 3.93. The number of rotatable bonds is 6. The van der Waals surface area contributed by atoms with E-state index in [0.717, 1.165) is 31.9 Å². The second-order valence-corrected chi connectivity index (χ2v) is 7.53. The summed E-state index contributed by atoms with van der Waals surface area (Å²) in [4.78, 5) is 23.7. The van der Waals surface area contributed by atoms with Crippen LogP contribution in [0.5, 0.6) is 0 Å². The summed E-state index contributed by atoms with van der Waals surface area (Å²) in [6.07, 6.45) is 2.36. The molecule has 2 aliphatic heterocycles. The molecule has 1 aliphatic carbocycles. The Hall–Kier alpha value is -1.38. The van der Waals surface area contributed by atoms with Gasteiger partial charge in [-0.3, -0.25) is 14.7 Å². The van der Waals surface area contributed by atoms with Gasteiger partial charge >= 0.3 is 5.97 Å². The van der Waals surface area contributed by atoms with Crippen LogP contribution in [0.4, 0.5) is 4.39 Å². The summed E-state index contributed by atoms with van der Waals surface area (Å²) in [5, 5.41) is 3.31. The molecular formula is C18H30FN5O2. The van der Waals surface area contributed by atoms with Crippen LogP contribution >= 0.6 is 0 Å². The number of hydrogen-bond donors (Lipinski definition) is 2. The van der Waals surface area contributed by atoms with E-state index >= 15 is 0 Å². The van der Waals surface area contributed by atoms with E-state index in [2.05, 4.69) is 20.2 Å². The van der Waals surface area contributed by atoms with E-state index in [0.29, 0.717) is 12.8 Å². The fraction of sp³-hybridized carbons (Fsp3) is 0.833. The van der Waals surface area contributed by atoms with Gasteiger partial charge in [0.15, 0.2) is 0 Å². The lowest BCUT2D eigenvalue weighted by atomic mass is 9.79. The smallest absolute Gasteiger partial charge is 0.316 e. The Bertz CT molecular complexity index is 564. The van der Waals surface area contributed by atoms with Crippen molar-refractivity contribution >= 4 is 17.9 Å². The maximum Gasteiger partial charge on any atom is 0.316 e. The second kappa shape index (κ2) is 8.54. The molecular weight excluding hydrogens is 337 g/mol. The van der Waals surface area contributed by atoms with Gasteiger partial charge in [0.25, 0.3) is 0 Å². The van der Waals surface area contributed by atoms with Crippen molar-refractivity contribution in [1.82, 2.24) is 10.2 Å². The van der Waals surface area contributed by atoms with Crippen LogP contribution < -0.4 is 11.1 Å². The van der Waals surface area contributed by atoms with Gasteiger partial charge in [-0.15, -0.1) is 0 Å². The van der Waals surface area contributed by atoms with Crippen molar-refractivity contribution in [3.05, 3.63) is 0 Å². The Morgan fingerprint density at radius 3 is 3.04 bits per heavy atom. The first-order chi connectivity index (χ1) is 12.5. The van der Waals surface area contributed by atoms with Crippen LogP contribution in [-0.2, 0) is 9.53 Å². The average Bonchev–Trinajstić information content (AvgIpc) is 3.14. The Kier molecular flexibility index (Phi) is 6.37. The van der Waals surface area contributed by atoms with Crippen molar-refractivity contribution in [2.24, 2.45) is 27.6 Å². The van der Waals surface area contributed by atoms with E-state index in [1.54, 1.807) is 0 Å². The molecule has 1 saturated carbocycles. The van der Waals surface area contributed by atoms with Crippen LogP contribution in [-0.4, -0.2) is 67.2 Å². The SMILES string of the molecule is CC=NC(CCC(N)C1N=C2CC(C)C(F)CC2C(=O)O1)N1CCNC1. The third-order valence-corrected chi connectivity index (χ3v) is 5.58. The highest BCUT2D eigenvalue weighted by atomic mass is 19.1. The molecule has 0 radical (unpaired) electrons. The lowest BCUT2D eigenvalue weighted by Crippen LogP contribution is -2.48. The number of aliphatic imine (C=N–C) groups is 2. The number of halogens is 1. The van der Waals surface area contributed by atoms with E-state index in [1.807, 2.05) is 20.1 Å². The maximum atomic E-state index is 13.9. The summed E-state index contributed by atoms with van der Waals surface area (Å²) in [5.74, 6) is -1.02. The van der Waals surface area contributed by atoms with Crippen LogP contribution in [0.1, 0.15) is 39.5 Å². The predicted octanol–water partition coefficient (Wildman–Crippen LogP) is 1.08. The monoisotopic (exact) mass is 367 g/mol. The molecule has 0 aromatic carbocycles. The molecule has 26 heavy (non-hydrogen) atoms. The predicted molar refractivity (Wildman–Crippen MR) is 98.8 cm³/mol. The quantitative estimate of drug-likeness (QED) is 0.541. The van der Waals surface area contributed by atoms with E-state index in [1.165, 1.54) is 0 Å². The number of fused-ring (bicyclic) bond motifs is 1. The summed E-state index contributed by atoms with van der Waals surface area (Å²) in [6.45, 7) is 6.51. The number of esters is 1. The second-order valence-electron chi connectivity index (χ2n) is 7.53. The molecule has 3 N–H and O–H groups in total. The number of cyclic esters (lactones) is 1. The summed E-state index contributed by atoms with van der Waals surface area (Å²) in [5.41, 5.74) is 7.05. The molecule has 0 amide bonds. The number of alkyl halides is 1. The number of nitrogens with one attached hydrogen (secondary N) is 1. The van der Waals surface area contributed by atoms with E-state index < -0.39 is 18.3 Å². The van der Waals surface area contributed by atoms with E-state index in [-0.39, 0.29) is 30.5 Å². The third-order valence-electron chi connectivity index (χ3n) is 5.58. The number of nitrogens with two attached hydrogens (primary N) is 1. The van der Waals surface area contributed by atoms with Crippen molar-refractivity contribution in [3.8, 4) is 0 Å². The Morgan fingerprint density at radius 2 is 2.35 bits per heavy atom. The van der Waals surface area contributed by atoms with Gasteiger partial charge < -0.3 is 15.8 Å². The van der Waals surface area contributed by atoms with E-state index in [4.69, 9.17) is 10.5 Å². The molecule has 0 aromatic heterocycles. The van der Waals surface area contributed by atoms with Gasteiger partial charge in [0, 0.05) is 18.8 Å². The Labute approximate surface area is 154 Å². The zero-order valence-corrected chi connectivity index (χ0v) is 15.6. The minimum absolute atomic E-state index is 0.0720. The van der Waals surface area contributed by atoms with Crippen molar-refractivity contribution in [2.45, 2.75) is 64.1 Å². The van der Waals surface area contributed by atoms with Crippen molar-refractivity contribution in [3.63, 3.8) is 0 Å². The molecule has 2 heterocycles. The lowest BCUT2D eigenvalue weighted by molar-refractivity contribution is -0.155. The summed E-state index contributed by atoms with van der Waals surface area (Å²) in [6, 6.07) is -0.379. The number of hydrogen-bond acceptors (Lipinski definition) is 7. The normalized spacial score (nSPS) is 35.1. The molecule has 3 aliphatic rings. The lowest BCUT2D eigenvalue weighted by Gasteiger charge is -2.36. The van der Waals surface area contributed by atoms with Crippen LogP contribution in [0.15, 0.2) is 9.98 Å². The highest BCUT2D eigenvalue weighted by Gasteiger charge is 2.42. The Morgan fingerprint density at radius 1 is 1.54 bits per heavy atom. The molecule has 146 valence electrons. The number of nitrogens with zero attached hydrogens (tertiary/aromatic N) is 3. The first kappa shape index (κ1) is 19.4. The molecule has 0 aromatic rings. The summed E-state index contributed by atoms with van der Waals surface area (Å²) in [7, 11) is 0. The van der Waals surface area contributed by atoms with Crippen LogP contribution in [0, 0.1) is 11.8 Å². The minimum atomic E-state index is -0.974. The van der Waals surface area contributed by atoms with Crippen LogP contribution in [0.3, 0.4) is 0 Å². The van der Waals surface area contributed by atoms with Crippen LogP contribution in [0.2, 0.25) is 0 Å². The van der Waals surface area contributed by atoms with Gasteiger partial charge in [-0.1, -0.05) is 6.92 Å². The summed E-state index contributed by atoms with van der Waals surface area (Å²) >= 11 is 0. The first-order valence-electron chi connectivity index (χ1n) is 9.58. The first-order valence-corrected chi connectivity index (χ1v) is 9.58. The largest absolute Gasteiger partial charge is 0.438 e. The number of ether oxygens (including phenoxy) is 1. The topological polar surface area (TPSA) is 92.3 Å². The molecule has 8 heteroatoms. The van der Waals surface area contributed by atoms with Crippen LogP contribution in [0.25, 0.3) is 0 Å². The molecule has 6 atom stereocenters. The molecule has 3 rings (SSSR count). The standard InChI is InChI=1S/C18H30FN5O2/c1-3-22-16(24-7-6-21-10-24)5-4-14(20)17-23-15-8-11(2)13(19)9-12(15)18(25)26-17/h3,11-14,16-17,21H,4-10,20H2,1-2H3. The van der Waals surface area contributed by atoms with Crippen molar-refractivity contribution in [1.29, 1.82) is 0 Å². The Balaban J connectivity index is 1.60. The number of carbonyl (C=O) groups excluding carboxylic acids is 1. The number of carbonyl (C=O) groups is 1. The molecule has 6 unspecified atom stereocenters. The van der Waals surface area contributed by atoms with Crippen molar-refractivity contribution < 1.29 is 13.9 Å². The zero-order valence-electron chi connectivity index (χ0n) is 15.6. The minimum Gasteiger partial charge on any atom is -0.438 e. The highest BCUT2D eigenvalue weighted by Crippen LogP contribution is 2.33. The molecule has 0 bridgehead atoms. The zero-order chi connectivity index (χ0) is 18.7. The van der Waals surface area contributed by atoms with Gasteiger partial charge in [-0.25, -0.2) is 9.38 Å². The van der Waals surface area contributed by atoms with Gasteiger partial charge in [0.1, 0.15) is 12.3 Å². The van der Waals surface area contributed by atoms with Gasteiger partial charge in [-0.05, 0) is 44.7 Å². The highest BCUT2D eigenvalue weighted by molar-refractivity contribution is 6.04. The molecule has 0 spiro atoms. The third kappa shape index (κ3) is 4.29. The van der Waals surface area contributed by atoms with Gasteiger partial charge in [-0.2, -0.15) is 0 Å². The van der Waals surface area contributed by atoms with E-state index in [9.17, 15) is 9.18 Å². The average molecular weight is 367 g/mol. The summed E-state index contributed by atoms with van der Waals surface area (Å²) < 4.78 is 19.3. The fourth-order valence-corrected chi connectivity index (χ4v) is 3.93.